The van der Waals surface area contributed by atoms with Gasteiger partial charge in [0, 0.05) is 25.8 Å². The van der Waals surface area contributed by atoms with E-state index in [1.165, 1.54) is 12.5 Å². The summed E-state index contributed by atoms with van der Waals surface area (Å²) in [6.07, 6.45) is 1.34. The van der Waals surface area contributed by atoms with Crippen LogP contribution < -0.4 is 4.74 Å². The molecule has 0 aromatic heterocycles. The molecule has 5 heteroatoms. The molecule has 0 saturated carbocycles. The molecule has 0 spiro atoms. The van der Waals surface area contributed by atoms with Crippen molar-refractivity contribution in [1.29, 1.82) is 0 Å². The largest absolute Gasteiger partial charge is 0.479 e. The van der Waals surface area contributed by atoms with Crippen LogP contribution in [-0.4, -0.2) is 47.9 Å². The first-order valence-corrected chi connectivity index (χ1v) is 7.90. The molecule has 1 aromatic rings. The molecule has 1 aliphatic rings. The molecule has 0 radical (unpaired) electrons. The average Bonchev–Trinajstić information content (AvgIpc) is 2.54. The summed E-state index contributed by atoms with van der Waals surface area (Å²) in [4.78, 5) is 13.3. The minimum atomic E-state index is -0.958. The Morgan fingerprint density at radius 3 is 2.55 bits per heavy atom. The average molecular weight is 307 g/mol. The van der Waals surface area contributed by atoms with Gasteiger partial charge < -0.3 is 14.6 Å². The second kappa shape index (κ2) is 8.15. The van der Waals surface area contributed by atoms with E-state index in [1.54, 1.807) is 0 Å². The van der Waals surface area contributed by atoms with E-state index in [1.807, 2.05) is 24.3 Å². The highest BCUT2D eigenvalue weighted by Crippen LogP contribution is 2.19. The minimum Gasteiger partial charge on any atom is -0.479 e. The standard InChI is InChI=1S/C17H25NO4/c1-3-18(15-8-10-21-11-9-15)12-14-4-6-16(7-5-14)22-13(2)17(19)20/h4-7,13,15H,3,8-12H2,1-2H3,(H,19,20)/t13-/m1/s1. The summed E-state index contributed by atoms with van der Waals surface area (Å²) < 4.78 is 10.8. The van der Waals surface area contributed by atoms with E-state index in [9.17, 15) is 4.79 Å². The number of carbonyl (C=O) groups is 1. The third-order valence-corrected chi connectivity index (χ3v) is 4.08. The second-order valence-electron chi connectivity index (χ2n) is 5.65. The lowest BCUT2D eigenvalue weighted by atomic mass is 10.1. The van der Waals surface area contributed by atoms with Crippen LogP contribution in [0.15, 0.2) is 24.3 Å². The van der Waals surface area contributed by atoms with Gasteiger partial charge in [-0.05, 0) is 44.0 Å². The zero-order valence-electron chi connectivity index (χ0n) is 13.3. The highest BCUT2D eigenvalue weighted by Gasteiger charge is 2.20. The highest BCUT2D eigenvalue weighted by molar-refractivity contribution is 5.72. The molecule has 1 fully saturated rings. The van der Waals surface area contributed by atoms with E-state index in [2.05, 4.69) is 11.8 Å². The first kappa shape index (κ1) is 16.8. The quantitative estimate of drug-likeness (QED) is 0.839. The number of carboxylic acid groups (broad SMARTS) is 1. The van der Waals surface area contributed by atoms with Gasteiger partial charge in [-0.25, -0.2) is 4.79 Å². The van der Waals surface area contributed by atoms with Crippen LogP contribution in [0.5, 0.6) is 5.75 Å². The minimum absolute atomic E-state index is 0.585. The summed E-state index contributed by atoms with van der Waals surface area (Å²) in [5, 5.41) is 8.85. The maximum absolute atomic E-state index is 10.8. The van der Waals surface area contributed by atoms with Gasteiger partial charge >= 0.3 is 5.97 Å². The van der Waals surface area contributed by atoms with Gasteiger partial charge in [0.25, 0.3) is 0 Å². The van der Waals surface area contributed by atoms with Gasteiger partial charge in [-0.1, -0.05) is 19.1 Å². The lowest BCUT2D eigenvalue weighted by Gasteiger charge is -2.33. The molecule has 5 nitrogen and oxygen atoms in total. The Morgan fingerprint density at radius 1 is 1.36 bits per heavy atom. The molecule has 0 unspecified atom stereocenters. The Labute approximate surface area is 131 Å². The molecular formula is C17H25NO4. The smallest absolute Gasteiger partial charge is 0.344 e. The van der Waals surface area contributed by atoms with E-state index in [0.29, 0.717) is 11.8 Å². The van der Waals surface area contributed by atoms with Gasteiger partial charge in [0.2, 0.25) is 0 Å². The molecule has 1 N–H and O–H groups in total. The van der Waals surface area contributed by atoms with Crippen LogP contribution in [0.25, 0.3) is 0 Å². The zero-order chi connectivity index (χ0) is 15.9. The molecule has 1 aromatic carbocycles. The summed E-state index contributed by atoms with van der Waals surface area (Å²) in [5.41, 5.74) is 1.21. The van der Waals surface area contributed by atoms with E-state index >= 15 is 0 Å². The van der Waals surface area contributed by atoms with Crippen molar-refractivity contribution < 1.29 is 19.4 Å². The van der Waals surface area contributed by atoms with Crippen molar-refractivity contribution in [3.05, 3.63) is 29.8 Å². The van der Waals surface area contributed by atoms with Crippen LogP contribution in [0.3, 0.4) is 0 Å². The van der Waals surface area contributed by atoms with Gasteiger partial charge in [-0.2, -0.15) is 0 Å². The molecule has 1 heterocycles. The number of carboxylic acids is 1. The third kappa shape index (κ3) is 4.71. The Kier molecular flexibility index (Phi) is 6.21. The predicted octanol–water partition coefficient (Wildman–Crippen LogP) is 2.54. The molecule has 2 rings (SSSR count). The van der Waals surface area contributed by atoms with Gasteiger partial charge in [0.05, 0.1) is 0 Å². The molecule has 0 bridgehead atoms. The Bertz CT molecular complexity index is 468. The van der Waals surface area contributed by atoms with Crippen LogP contribution in [-0.2, 0) is 16.1 Å². The maximum Gasteiger partial charge on any atom is 0.344 e. The zero-order valence-corrected chi connectivity index (χ0v) is 13.3. The first-order chi connectivity index (χ1) is 10.6. The van der Waals surface area contributed by atoms with Crippen molar-refractivity contribution in [1.82, 2.24) is 4.90 Å². The van der Waals surface area contributed by atoms with Crippen molar-refractivity contribution >= 4 is 5.97 Å². The van der Waals surface area contributed by atoms with Crippen molar-refractivity contribution in [3.8, 4) is 5.75 Å². The fraction of sp³-hybridized carbons (Fsp3) is 0.588. The number of hydrogen-bond donors (Lipinski definition) is 1. The van der Waals surface area contributed by atoms with Crippen LogP contribution in [0.4, 0.5) is 0 Å². The molecule has 1 atom stereocenters. The highest BCUT2D eigenvalue weighted by atomic mass is 16.5. The van der Waals surface area contributed by atoms with Crippen LogP contribution in [0, 0.1) is 0 Å². The topological polar surface area (TPSA) is 59.0 Å². The summed E-state index contributed by atoms with van der Waals surface area (Å²) in [7, 11) is 0. The van der Waals surface area contributed by atoms with E-state index in [4.69, 9.17) is 14.6 Å². The Morgan fingerprint density at radius 2 is 2.00 bits per heavy atom. The molecule has 122 valence electrons. The first-order valence-electron chi connectivity index (χ1n) is 7.90. The molecule has 0 amide bonds. The summed E-state index contributed by atoms with van der Waals surface area (Å²) in [5.74, 6) is -0.367. The molecule has 22 heavy (non-hydrogen) atoms. The Balaban J connectivity index is 1.93. The Hall–Kier alpha value is -1.59. The van der Waals surface area contributed by atoms with Gasteiger partial charge in [-0.3, -0.25) is 4.90 Å². The summed E-state index contributed by atoms with van der Waals surface area (Å²) in [6, 6.07) is 8.28. The molecule has 1 saturated heterocycles. The predicted molar refractivity (Wildman–Crippen MR) is 84.1 cm³/mol. The lowest BCUT2D eigenvalue weighted by Crippen LogP contribution is -2.38. The van der Waals surface area contributed by atoms with E-state index in [0.717, 1.165) is 39.1 Å². The van der Waals surface area contributed by atoms with Crippen LogP contribution in [0.2, 0.25) is 0 Å². The number of aliphatic carboxylic acids is 1. The lowest BCUT2D eigenvalue weighted by molar-refractivity contribution is -0.144. The van der Waals surface area contributed by atoms with Crippen LogP contribution >= 0.6 is 0 Å². The number of benzene rings is 1. The third-order valence-electron chi connectivity index (χ3n) is 4.08. The van der Waals surface area contributed by atoms with E-state index < -0.39 is 12.1 Å². The SMILES string of the molecule is CCN(Cc1ccc(O[C@H](C)C(=O)O)cc1)C1CCOCC1. The summed E-state index contributed by atoms with van der Waals surface area (Å²) >= 11 is 0. The molecule has 0 aliphatic carbocycles. The number of ether oxygens (including phenoxy) is 2. The molecule has 1 aliphatic heterocycles. The number of rotatable bonds is 7. The monoisotopic (exact) mass is 307 g/mol. The second-order valence-corrected chi connectivity index (χ2v) is 5.65. The normalized spacial score (nSPS) is 17.4. The fourth-order valence-corrected chi connectivity index (χ4v) is 2.71. The van der Waals surface area contributed by atoms with Crippen molar-refractivity contribution in [3.63, 3.8) is 0 Å². The van der Waals surface area contributed by atoms with Gasteiger partial charge in [0.15, 0.2) is 6.10 Å². The number of nitrogens with zero attached hydrogens (tertiary/aromatic N) is 1. The van der Waals surface area contributed by atoms with Crippen LogP contribution in [0.1, 0.15) is 32.3 Å². The van der Waals surface area contributed by atoms with Crippen molar-refractivity contribution in [2.75, 3.05) is 19.8 Å². The maximum atomic E-state index is 10.8. The molecular weight excluding hydrogens is 282 g/mol. The number of hydrogen-bond acceptors (Lipinski definition) is 4. The van der Waals surface area contributed by atoms with Gasteiger partial charge in [0.1, 0.15) is 5.75 Å². The van der Waals surface area contributed by atoms with Gasteiger partial charge in [-0.15, -0.1) is 0 Å². The van der Waals surface area contributed by atoms with Crippen molar-refractivity contribution in [2.45, 2.75) is 45.4 Å². The van der Waals surface area contributed by atoms with Crippen molar-refractivity contribution in [2.24, 2.45) is 0 Å². The van der Waals surface area contributed by atoms with E-state index in [-0.39, 0.29) is 0 Å². The summed E-state index contributed by atoms with van der Waals surface area (Å²) in [6.45, 7) is 7.32. The fourth-order valence-electron chi connectivity index (χ4n) is 2.71.